The van der Waals surface area contributed by atoms with Crippen LogP contribution in [0.25, 0.3) is 0 Å². The van der Waals surface area contributed by atoms with Crippen LogP contribution in [0.15, 0.2) is 60.7 Å². The third kappa shape index (κ3) is 2.18. The first-order valence-electron chi connectivity index (χ1n) is 10.2. The van der Waals surface area contributed by atoms with Gasteiger partial charge in [0.05, 0.1) is 12.1 Å². The van der Waals surface area contributed by atoms with Gasteiger partial charge in [-0.05, 0) is 67.4 Å². The minimum absolute atomic E-state index is 0.496. The summed E-state index contributed by atoms with van der Waals surface area (Å²) in [5.74, 6) is 3.04. The molecule has 2 atom stereocenters. The van der Waals surface area contributed by atoms with Crippen LogP contribution in [0.5, 0.6) is 0 Å². The predicted octanol–water partition coefficient (Wildman–Crippen LogP) is 5.75. The van der Waals surface area contributed by atoms with Gasteiger partial charge >= 0.3 is 0 Å². The fraction of sp³-hybridized carbons (Fsp3) is 0.500. The average molecular weight is 329 g/mol. The van der Waals surface area contributed by atoms with Crippen molar-refractivity contribution in [2.24, 2.45) is 17.8 Å². The molecule has 5 aliphatic rings. The normalized spacial score (nSPS) is 44.0. The Kier molecular flexibility index (Phi) is 3.03. The molecule has 2 unspecified atom stereocenters. The molecule has 0 radical (unpaired) electrons. The van der Waals surface area contributed by atoms with Gasteiger partial charge in [0.25, 0.3) is 0 Å². The van der Waals surface area contributed by atoms with Crippen molar-refractivity contribution >= 4 is 0 Å². The van der Waals surface area contributed by atoms with Crippen molar-refractivity contribution in [2.75, 3.05) is 0 Å². The Balaban J connectivity index is 1.41. The minimum Gasteiger partial charge on any atom is -0.280 e. The standard InChI is InChI=1S/C24H27N/c1-3-7-20(8-4-1)22-23(21-9-5-2-6-10-21)25(22)24-14-17-11-18(15-24)13-19(12-17)16-24/h1-10,17-19,22-23H,11-16H2. The van der Waals surface area contributed by atoms with Crippen LogP contribution in [0.4, 0.5) is 0 Å². The lowest BCUT2D eigenvalue weighted by Gasteiger charge is -2.58. The summed E-state index contributed by atoms with van der Waals surface area (Å²) in [6, 6.07) is 23.8. The molecule has 0 aromatic heterocycles. The Labute approximate surface area is 151 Å². The molecule has 5 fully saturated rings. The maximum absolute atomic E-state index is 2.95. The number of rotatable bonds is 3. The van der Waals surface area contributed by atoms with E-state index < -0.39 is 0 Å². The van der Waals surface area contributed by atoms with Gasteiger partial charge in [0.15, 0.2) is 0 Å². The molecule has 0 N–H and O–H groups in total. The third-order valence-corrected chi connectivity index (χ3v) is 7.64. The van der Waals surface area contributed by atoms with E-state index in [0.717, 1.165) is 17.8 Å². The van der Waals surface area contributed by atoms with Crippen molar-refractivity contribution in [2.45, 2.75) is 56.1 Å². The van der Waals surface area contributed by atoms with E-state index in [1.54, 1.807) is 0 Å². The molecule has 1 heterocycles. The minimum atomic E-state index is 0.496. The fourth-order valence-electron chi connectivity index (χ4n) is 7.19. The summed E-state index contributed by atoms with van der Waals surface area (Å²) < 4.78 is 0. The molecule has 1 saturated heterocycles. The summed E-state index contributed by atoms with van der Waals surface area (Å²) in [7, 11) is 0. The van der Waals surface area contributed by atoms with Crippen molar-refractivity contribution < 1.29 is 0 Å². The molecule has 1 nitrogen and oxygen atoms in total. The third-order valence-electron chi connectivity index (χ3n) is 7.64. The van der Waals surface area contributed by atoms with E-state index in [1.807, 2.05) is 0 Å². The van der Waals surface area contributed by atoms with Crippen LogP contribution < -0.4 is 0 Å². The summed E-state index contributed by atoms with van der Waals surface area (Å²) in [6.07, 6.45) is 8.97. The van der Waals surface area contributed by atoms with Crippen molar-refractivity contribution in [1.29, 1.82) is 0 Å². The fourth-order valence-corrected chi connectivity index (χ4v) is 7.19. The Hall–Kier alpha value is -1.60. The number of hydrogen-bond donors (Lipinski definition) is 0. The Morgan fingerprint density at radius 1 is 0.600 bits per heavy atom. The van der Waals surface area contributed by atoms with E-state index in [9.17, 15) is 0 Å². The summed E-state index contributed by atoms with van der Waals surface area (Å²) in [5.41, 5.74) is 3.54. The van der Waals surface area contributed by atoms with E-state index in [0.29, 0.717) is 17.6 Å². The molecular formula is C24H27N. The van der Waals surface area contributed by atoms with Crippen LogP contribution in [-0.2, 0) is 0 Å². The number of nitrogens with zero attached hydrogens (tertiary/aromatic N) is 1. The van der Waals surface area contributed by atoms with E-state index in [2.05, 4.69) is 65.6 Å². The first-order chi connectivity index (χ1) is 12.3. The van der Waals surface area contributed by atoms with E-state index in [-0.39, 0.29) is 0 Å². The zero-order chi connectivity index (χ0) is 16.4. The van der Waals surface area contributed by atoms with Crippen molar-refractivity contribution in [3.8, 4) is 0 Å². The lowest BCUT2D eigenvalue weighted by Crippen LogP contribution is -2.54. The maximum atomic E-state index is 2.95. The van der Waals surface area contributed by atoms with Gasteiger partial charge in [0.2, 0.25) is 0 Å². The van der Waals surface area contributed by atoms with Crippen molar-refractivity contribution in [3.05, 3.63) is 71.8 Å². The lowest BCUT2D eigenvalue weighted by molar-refractivity contribution is -0.0570. The average Bonchev–Trinajstić information content (AvgIpc) is 3.39. The molecule has 2 aromatic carbocycles. The number of benzene rings is 2. The highest BCUT2D eigenvalue weighted by Crippen LogP contribution is 2.68. The van der Waals surface area contributed by atoms with Gasteiger partial charge in [-0.2, -0.15) is 0 Å². The van der Waals surface area contributed by atoms with Crippen LogP contribution in [0.1, 0.15) is 61.7 Å². The molecule has 25 heavy (non-hydrogen) atoms. The van der Waals surface area contributed by atoms with E-state index in [1.165, 1.54) is 49.7 Å². The summed E-state index contributed by atoms with van der Waals surface area (Å²) in [6.45, 7) is 0. The highest BCUT2D eigenvalue weighted by molar-refractivity contribution is 5.37. The monoisotopic (exact) mass is 329 g/mol. The molecule has 2 aromatic rings. The topological polar surface area (TPSA) is 3.01 Å². The van der Waals surface area contributed by atoms with Crippen LogP contribution in [0.2, 0.25) is 0 Å². The van der Waals surface area contributed by atoms with Gasteiger partial charge in [-0.1, -0.05) is 60.7 Å². The first kappa shape index (κ1) is 14.6. The van der Waals surface area contributed by atoms with E-state index in [4.69, 9.17) is 0 Å². The van der Waals surface area contributed by atoms with Crippen LogP contribution in [-0.4, -0.2) is 10.4 Å². The molecule has 4 aliphatic carbocycles. The zero-order valence-corrected chi connectivity index (χ0v) is 14.9. The Bertz CT molecular complexity index is 684. The molecule has 4 bridgehead atoms. The van der Waals surface area contributed by atoms with Gasteiger partial charge in [0.1, 0.15) is 0 Å². The van der Waals surface area contributed by atoms with Crippen molar-refractivity contribution in [3.63, 3.8) is 0 Å². The molecule has 128 valence electrons. The molecule has 4 saturated carbocycles. The summed E-state index contributed by atoms with van der Waals surface area (Å²) >= 11 is 0. The first-order valence-corrected chi connectivity index (χ1v) is 10.2. The number of hydrogen-bond acceptors (Lipinski definition) is 1. The highest BCUT2D eigenvalue weighted by atomic mass is 15.4. The lowest BCUT2D eigenvalue weighted by atomic mass is 9.53. The second kappa shape index (κ2) is 5.20. The molecular weight excluding hydrogens is 302 g/mol. The van der Waals surface area contributed by atoms with Gasteiger partial charge in [-0.15, -0.1) is 0 Å². The predicted molar refractivity (Wildman–Crippen MR) is 101 cm³/mol. The van der Waals surface area contributed by atoms with Gasteiger partial charge < -0.3 is 0 Å². The SMILES string of the molecule is c1ccc(C2C(c3ccccc3)N2C23CC4CC(CC(C4)C2)C3)cc1. The van der Waals surface area contributed by atoms with Crippen LogP contribution in [0.3, 0.4) is 0 Å². The Morgan fingerprint density at radius 3 is 1.40 bits per heavy atom. The molecule has 1 aliphatic heterocycles. The highest BCUT2D eigenvalue weighted by Gasteiger charge is 2.64. The van der Waals surface area contributed by atoms with Gasteiger partial charge in [-0.3, -0.25) is 4.90 Å². The molecule has 0 amide bonds. The smallest absolute Gasteiger partial charge is 0.0558 e. The molecule has 1 heteroatoms. The summed E-state index contributed by atoms with van der Waals surface area (Å²) in [5, 5.41) is 0. The Morgan fingerprint density at radius 2 is 1.00 bits per heavy atom. The second-order valence-electron chi connectivity index (χ2n) is 9.26. The molecule has 0 spiro atoms. The molecule has 7 rings (SSSR count). The van der Waals surface area contributed by atoms with Crippen molar-refractivity contribution in [1.82, 2.24) is 4.90 Å². The van der Waals surface area contributed by atoms with Crippen LogP contribution >= 0.6 is 0 Å². The van der Waals surface area contributed by atoms with Crippen LogP contribution in [0, 0.1) is 17.8 Å². The zero-order valence-electron chi connectivity index (χ0n) is 14.9. The second-order valence-corrected chi connectivity index (χ2v) is 9.26. The maximum Gasteiger partial charge on any atom is 0.0558 e. The van der Waals surface area contributed by atoms with E-state index >= 15 is 0 Å². The largest absolute Gasteiger partial charge is 0.280 e. The van der Waals surface area contributed by atoms with Gasteiger partial charge in [0, 0.05) is 5.54 Å². The summed E-state index contributed by atoms with van der Waals surface area (Å²) in [4.78, 5) is 2.95. The quantitative estimate of drug-likeness (QED) is 0.648. The van der Waals surface area contributed by atoms with Gasteiger partial charge in [-0.25, -0.2) is 0 Å².